The predicted molar refractivity (Wildman–Crippen MR) is 152 cm³/mol. The Bertz CT molecular complexity index is 1440. The van der Waals surface area contributed by atoms with Crippen molar-refractivity contribution in [2.24, 2.45) is 0 Å². The number of rotatable bonds is 9. The third-order valence-corrected chi connectivity index (χ3v) is 8.02. The van der Waals surface area contributed by atoms with E-state index >= 15 is 0 Å². The second-order valence-electron chi connectivity index (χ2n) is 11.0. The predicted octanol–water partition coefficient (Wildman–Crippen LogP) is 4.95. The SMILES string of the molecule is C[C@@](Cc1c[nH]c2ccccc12)(NC(=O)Cc1cccc(O)c1)C(=O)NCC1(c2ccccn2)CCCCC1. The van der Waals surface area contributed by atoms with Gasteiger partial charge < -0.3 is 20.7 Å². The summed E-state index contributed by atoms with van der Waals surface area (Å²) in [5, 5.41) is 17.1. The lowest BCUT2D eigenvalue weighted by molar-refractivity contribution is -0.133. The summed E-state index contributed by atoms with van der Waals surface area (Å²) in [6.45, 7) is 2.26. The van der Waals surface area contributed by atoms with Crippen LogP contribution in [0.25, 0.3) is 10.9 Å². The van der Waals surface area contributed by atoms with Gasteiger partial charge in [-0.15, -0.1) is 0 Å². The lowest BCUT2D eigenvalue weighted by Crippen LogP contribution is -2.60. The first-order chi connectivity index (χ1) is 18.9. The Hall–Kier alpha value is -4.13. The maximum absolute atomic E-state index is 14.0. The third kappa shape index (κ3) is 5.98. The van der Waals surface area contributed by atoms with Crippen molar-refractivity contribution < 1.29 is 14.7 Å². The molecule has 4 aromatic rings. The Balaban J connectivity index is 1.39. The van der Waals surface area contributed by atoms with Crippen LogP contribution in [0.3, 0.4) is 0 Å². The van der Waals surface area contributed by atoms with Gasteiger partial charge in [-0.25, -0.2) is 0 Å². The van der Waals surface area contributed by atoms with E-state index in [4.69, 9.17) is 0 Å². The molecule has 0 aliphatic heterocycles. The number of aromatic amines is 1. The molecule has 2 aromatic heterocycles. The number of nitrogens with one attached hydrogen (secondary N) is 3. The van der Waals surface area contributed by atoms with Gasteiger partial charge in [-0.3, -0.25) is 14.6 Å². The number of hydrogen-bond donors (Lipinski definition) is 4. The Morgan fingerprint density at radius 3 is 2.59 bits per heavy atom. The standard InChI is InChI=1S/C32H36N4O3/c1-31(20-24-21-34-27-13-4-3-12-26(24)27,36-29(38)19-23-10-9-11-25(37)18-23)30(39)35-22-32(15-6-2-7-16-32)28-14-5-8-17-33-28/h3-5,8-14,17-18,21,34,37H,2,6-7,15-16,19-20,22H2,1H3,(H,35,39)(H,36,38)/t31-/m0/s1. The van der Waals surface area contributed by atoms with Crippen LogP contribution in [0.2, 0.25) is 0 Å². The Morgan fingerprint density at radius 2 is 1.82 bits per heavy atom. The lowest BCUT2D eigenvalue weighted by Gasteiger charge is -2.38. The zero-order valence-corrected chi connectivity index (χ0v) is 22.4. The van der Waals surface area contributed by atoms with E-state index in [1.807, 2.05) is 48.8 Å². The smallest absolute Gasteiger partial charge is 0.245 e. The first-order valence-corrected chi connectivity index (χ1v) is 13.7. The van der Waals surface area contributed by atoms with E-state index < -0.39 is 5.54 Å². The summed E-state index contributed by atoms with van der Waals surface area (Å²) in [6.07, 6.45) is 9.42. The summed E-state index contributed by atoms with van der Waals surface area (Å²) in [5.41, 5.74) is 2.21. The minimum absolute atomic E-state index is 0.0586. The second-order valence-corrected chi connectivity index (χ2v) is 11.0. The van der Waals surface area contributed by atoms with Crippen molar-refractivity contribution in [3.63, 3.8) is 0 Å². The van der Waals surface area contributed by atoms with E-state index in [9.17, 15) is 14.7 Å². The van der Waals surface area contributed by atoms with Crippen molar-refractivity contribution in [2.45, 2.75) is 62.8 Å². The minimum Gasteiger partial charge on any atom is -0.508 e. The number of carbonyl (C=O) groups is 2. The molecule has 1 saturated carbocycles. The molecule has 2 heterocycles. The Kier molecular flexibility index (Phi) is 7.68. The summed E-state index contributed by atoms with van der Waals surface area (Å²) >= 11 is 0. The van der Waals surface area contributed by atoms with Crippen LogP contribution in [0.1, 0.15) is 55.8 Å². The number of aromatic hydroxyl groups is 1. The van der Waals surface area contributed by atoms with Gasteiger partial charge in [0.15, 0.2) is 0 Å². The quantitative estimate of drug-likeness (QED) is 0.249. The Morgan fingerprint density at radius 1 is 1.03 bits per heavy atom. The number of hydrogen-bond acceptors (Lipinski definition) is 4. The van der Waals surface area contributed by atoms with Gasteiger partial charge in [-0.1, -0.05) is 55.7 Å². The molecule has 0 bridgehead atoms. The molecule has 4 N–H and O–H groups in total. The van der Waals surface area contributed by atoms with E-state index in [2.05, 4.69) is 26.7 Å². The van der Waals surface area contributed by atoms with Crippen molar-refractivity contribution in [3.05, 3.63) is 95.9 Å². The topological polar surface area (TPSA) is 107 Å². The molecule has 7 nitrogen and oxygen atoms in total. The Labute approximate surface area is 229 Å². The number of phenols is 1. The number of aromatic nitrogens is 2. The van der Waals surface area contributed by atoms with Crippen LogP contribution in [-0.2, 0) is 27.8 Å². The average Bonchev–Trinajstić information content (AvgIpc) is 3.35. The second kappa shape index (κ2) is 11.3. The van der Waals surface area contributed by atoms with E-state index in [-0.39, 0.29) is 29.4 Å². The zero-order chi connectivity index (χ0) is 27.3. The van der Waals surface area contributed by atoms with E-state index in [0.717, 1.165) is 47.8 Å². The number of H-pyrrole nitrogens is 1. The fourth-order valence-corrected chi connectivity index (χ4v) is 5.92. The summed E-state index contributed by atoms with van der Waals surface area (Å²) < 4.78 is 0. The van der Waals surface area contributed by atoms with Gasteiger partial charge in [0, 0.05) is 47.4 Å². The highest BCUT2D eigenvalue weighted by Crippen LogP contribution is 2.38. The molecule has 0 spiro atoms. The fraction of sp³-hybridized carbons (Fsp3) is 0.344. The van der Waals surface area contributed by atoms with Crippen molar-refractivity contribution in [2.75, 3.05) is 6.54 Å². The average molecular weight is 525 g/mol. The van der Waals surface area contributed by atoms with Crippen molar-refractivity contribution in [1.82, 2.24) is 20.6 Å². The number of phenolic OH excluding ortho intramolecular Hbond substituents is 1. The molecule has 1 aliphatic rings. The summed E-state index contributed by atoms with van der Waals surface area (Å²) in [5.74, 6) is -0.403. The molecule has 0 saturated heterocycles. The monoisotopic (exact) mass is 524 g/mol. The first kappa shape index (κ1) is 26.5. The van der Waals surface area contributed by atoms with Gasteiger partial charge >= 0.3 is 0 Å². The van der Waals surface area contributed by atoms with E-state index in [1.165, 1.54) is 6.42 Å². The van der Waals surface area contributed by atoms with Crippen LogP contribution in [0.15, 0.2) is 79.1 Å². The minimum atomic E-state index is -1.20. The highest BCUT2D eigenvalue weighted by molar-refractivity contribution is 5.93. The van der Waals surface area contributed by atoms with E-state index in [1.54, 1.807) is 31.2 Å². The molecule has 5 rings (SSSR count). The van der Waals surface area contributed by atoms with Gasteiger partial charge in [0.2, 0.25) is 11.8 Å². The highest BCUT2D eigenvalue weighted by atomic mass is 16.3. The molecule has 2 aromatic carbocycles. The van der Waals surface area contributed by atoms with Crippen molar-refractivity contribution in [3.8, 4) is 5.75 Å². The van der Waals surface area contributed by atoms with Crippen LogP contribution >= 0.6 is 0 Å². The van der Waals surface area contributed by atoms with Crippen LogP contribution in [0, 0.1) is 0 Å². The number of benzene rings is 2. The number of para-hydroxylation sites is 1. The van der Waals surface area contributed by atoms with Crippen LogP contribution in [0.4, 0.5) is 0 Å². The molecule has 39 heavy (non-hydrogen) atoms. The zero-order valence-electron chi connectivity index (χ0n) is 22.4. The fourth-order valence-electron chi connectivity index (χ4n) is 5.92. The summed E-state index contributed by atoms with van der Waals surface area (Å²) in [6, 6.07) is 20.6. The molecule has 2 amide bonds. The van der Waals surface area contributed by atoms with Crippen LogP contribution in [0.5, 0.6) is 5.75 Å². The molecular weight excluding hydrogens is 488 g/mol. The van der Waals surface area contributed by atoms with Gasteiger partial charge in [-0.05, 0) is 61.2 Å². The molecule has 0 radical (unpaired) electrons. The van der Waals surface area contributed by atoms with Crippen molar-refractivity contribution >= 4 is 22.7 Å². The summed E-state index contributed by atoms with van der Waals surface area (Å²) in [4.78, 5) is 35.2. The van der Waals surface area contributed by atoms with Crippen LogP contribution < -0.4 is 10.6 Å². The molecule has 202 valence electrons. The maximum Gasteiger partial charge on any atom is 0.245 e. The molecule has 1 fully saturated rings. The molecule has 1 aliphatic carbocycles. The lowest BCUT2D eigenvalue weighted by atomic mass is 9.71. The number of pyridine rings is 1. The van der Waals surface area contributed by atoms with Gasteiger partial charge in [-0.2, -0.15) is 0 Å². The molecule has 1 atom stereocenters. The maximum atomic E-state index is 14.0. The number of amides is 2. The van der Waals surface area contributed by atoms with Gasteiger partial charge in [0.1, 0.15) is 11.3 Å². The largest absolute Gasteiger partial charge is 0.508 e. The van der Waals surface area contributed by atoms with Crippen LogP contribution in [-0.4, -0.2) is 39.0 Å². The molecule has 0 unspecified atom stereocenters. The van der Waals surface area contributed by atoms with Gasteiger partial charge in [0.05, 0.1) is 6.42 Å². The summed E-state index contributed by atoms with van der Waals surface area (Å²) in [7, 11) is 0. The normalized spacial score (nSPS) is 16.3. The molecular formula is C32H36N4O3. The first-order valence-electron chi connectivity index (χ1n) is 13.7. The van der Waals surface area contributed by atoms with Gasteiger partial charge in [0.25, 0.3) is 0 Å². The number of nitrogens with zero attached hydrogens (tertiary/aromatic N) is 1. The number of fused-ring (bicyclic) bond motifs is 1. The van der Waals surface area contributed by atoms with E-state index in [0.29, 0.717) is 18.5 Å². The highest BCUT2D eigenvalue weighted by Gasteiger charge is 2.40. The van der Waals surface area contributed by atoms with Crippen molar-refractivity contribution in [1.29, 1.82) is 0 Å². The third-order valence-electron chi connectivity index (χ3n) is 8.02. The molecule has 7 heteroatoms. The number of carbonyl (C=O) groups excluding carboxylic acids is 2.